The van der Waals surface area contributed by atoms with Crippen LogP contribution in [-0.4, -0.2) is 33.6 Å². The number of amides is 1. The van der Waals surface area contributed by atoms with Crippen molar-refractivity contribution >= 4 is 50.7 Å². The van der Waals surface area contributed by atoms with Gasteiger partial charge in [-0.15, -0.1) is 0 Å². The molecule has 0 heterocycles. The number of anilines is 2. The van der Waals surface area contributed by atoms with E-state index in [0.29, 0.717) is 11.4 Å². The molecule has 0 bridgehead atoms. The molecule has 0 aromatic heterocycles. The summed E-state index contributed by atoms with van der Waals surface area (Å²) in [7, 11) is -0.622. The summed E-state index contributed by atoms with van der Waals surface area (Å²) in [6, 6.07) is 22.2. The predicted octanol–water partition coefficient (Wildman–Crippen LogP) is 4.05. The molecule has 0 fully saturated rings. The maximum absolute atomic E-state index is 12.8. The van der Waals surface area contributed by atoms with Crippen LogP contribution in [0.3, 0.4) is 0 Å². The number of hydrogen-bond acceptors (Lipinski definition) is 5. The molecular weight excluding hydrogens is 458 g/mol. The van der Waals surface area contributed by atoms with Gasteiger partial charge in [0.2, 0.25) is 5.91 Å². The lowest BCUT2D eigenvalue weighted by Gasteiger charge is -2.19. The van der Waals surface area contributed by atoms with Crippen LogP contribution < -0.4 is 19.7 Å². The maximum Gasteiger partial charge on any atom is 0.264 e. The van der Waals surface area contributed by atoms with Gasteiger partial charge in [-0.3, -0.25) is 14.4 Å². The molecule has 0 aliphatic carbocycles. The number of nitrogens with one attached hydrogen (secondary N) is 2. The first-order valence-electron chi connectivity index (χ1n) is 9.88. The molecule has 0 saturated heterocycles. The number of thiocarbonyl (C=S) groups is 1. The molecule has 33 heavy (non-hydrogen) atoms. The average Bonchev–Trinajstić information content (AvgIpc) is 2.83. The molecule has 3 aromatic carbocycles. The summed E-state index contributed by atoms with van der Waals surface area (Å²) >= 11 is 5.17. The van der Waals surface area contributed by atoms with Gasteiger partial charge < -0.3 is 10.1 Å². The van der Waals surface area contributed by atoms with Crippen LogP contribution in [0.1, 0.15) is 5.56 Å². The SMILES string of the molecule is COc1ccc(/C=C/C(=O)NC(=S)Nc2ccc(S(=O)(=O)N(C)c3ccccc3)cc2)cc1. The lowest BCUT2D eigenvalue weighted by molar-refractivity contribution is -0.115. The quantitative estimate of drug-likeness (QED) is 0.391. The number of benzene rings is 3. The standard InChI is InChI=1S/C24H23N3O4S2/c1-27(20-6-4-3-5-7-20)33(29,30)22-15-11-19(12-16-22)25-24(32)26-23(28)17-10-18-8-13-21(31-2)14-9-18/h3-17H,1-2H3,(H2,25,26,28,32)/b17-10+. The van der Waals surface area contributed by atoms with E-state index < -0.39 is 15.9 Å². The van der Waals surface area contributed by atoms with Crippen molar-refractivity contribution in [3.8, 4) is 5.75 Å². The molecule has 0 aliphatic heterocycles. The van der Waals surface area contributed by atoms with Crippen LogP contribution in [0, 0.1) is 0 Å². The summed E-state index contributed by atoms with van der Waals surface area (Å²) in [6.07, 6.45) is 3.02. The summed E-state index contributed by atoms with van der Waals surface area (Å²) in [5, 5.41) is 5.51. The van der Waals surface area contributed by atoms with Gasteiger partial charge in [0.15, 0.2) is 5.11 Å². The molecule has 0 atom stereocenters. The number of methoxy groups -OCH3 is 1. The summed E-state index contributed by atoms with van der Waals surface area (Å²) in [5.41, 5.74) is 1.94. The Kier molecular flexibility index (Phi) is 7.81. The van der Waals surface area contributed by atoms with E-state index in [0.717, 1.165) is 11.3 Å². The molecule has 9 heteroatoms. The van der Waals surface area contributed by atoms with Gasteiger partial charge in [-0.2, -0.15) is 0 Å². The third kappa shape index (κ3) is 6.41. The van der Waals surface area contributed by atoms with Gasteiger partial charge in [-0.1, -0.05) is 30.3 Å². The van der Waals surface area contributed by atoms with Crippen molar-refractivity contribution in [1.82, 2.24) is 5.32 Å². The van der Waals surface area contributed by atoms with Crippen LogP contribution in [0.25, 0.3) is 6.08 Å². The fourth-order valence-corrected chi connectivity index (χ4v) is 4.26. The molecule has 0 radical (unpaired) electrons. The van der Waals surface area contributed by atoms with E-state index in [1.165, 1.54) is 29.6 Å². The Hall–Kier alpha value is -3.69. The van der Waals surface area contributed by atoms with E-state index in [4.69, 9.17) is 17.0 Å². The van der Waals surface area contributed by atoms with Crippen LogP contribution in [-0.2, 0) is 14.8 Å². The van der Waals surface area contributed by atoms with Crippen LogP contribution in [0.5, 0.6) is 5.75 Å². The van der Waals surface area contributed by atoms with E-state index in [1.54, 1.807) is 61.7 Å². The largest absolute Gasteiger partial charge is 0.497 e. The molecule has 2 N–H and O–H groups in total. The molecule has 0 saturated carbocycles. The molecule has 3 rings (SSSR count). The van der Waals surface area contributed by atoms with Crippen LogP contribution in [0.4, 0.5) is 11.4 Å². The van der Waals surface area contributed by atoms with Crippen molar-refractivity contribution in [1.29, 1.82) is 0 Å². The highest BCUT2D eigenvalue weighted by Crippen LogP contribution is 2.22. The van der Waals surface area contributed by atoms with Gasteiger partial charge in [-0.05, 0) is 72.4 Å². The lowest BCUT2D eigenvalue weighted by Crippen LogP contribution is -2.32. The number of rotatable bonds is 7. The number of sulfonamides is 1. The third-order valence-corrected chi connectivity index (χ3v) is 6.67. The highest BCUT2D eigenvalue weighted by molar-refractivity contribution is 7.92. The molecule has 0 unspecified atom stereocenters. The van der Waals surface area contributed by atoms with Crippen molar-refractivity contribution in [3.05, 3.63) is 90.5 Å². The van der Waals surface area contributed by atoms with Gasteiger partial charge in [0.25, 0.3) is 10.0 Å². The Morgan fingerprint density at radius 3 is 2.21 bits per heavy atom. The second-order valence-electron chi connectivity index (χ2n) is 6.88. The summed E-state index contributed by atoms with van der Waals surface area (Å²) < 4.78 is 32.0. The van der Waals surface area contributed by atoms with Gasteiger partial charge in [0.1, 0.15) is 5.75 Å². The third-order valence-electron chi connectivity index (χ3n) is 4.67. The first-order valence-corrected chi connectivity index (χ1v) is 11.7. The minimum atomic E-state index is -3.71. The first-order chi connectivity index (χ1) is 15.8. The van der Waals surface area contributed by atoms with Gasteiger partial charge in [0, 0.05) is 18.8 Å². The normalized spacial score (nSPS) is 11.1. The van der Waals surface area contributed by atoms with Crippen molar-refractivity contribution in [2.45, 2.75) is 4.90 Å². The number of carbonyl (C=O) groups is 1. The van der Waals surface area contributed by atoms with Crippen LogP contribution in [0.15, 0.2) is 89.8 Å². The maximum atomic E-state index is 12.8. The molecule has 0 aliphatic rings. The van der Waals surface area contributed by atoms with E-state index in [-0.39, 0.29) is 10.0 Å². The van der Waals surface area contributed by atoms with E-state index in [2.05, 4.69) is 10.6 Å². The summed E-state index contributed by atoms with van der Waals surface area (Å²) in [4.78, 5) is 12.2. The van der Waals surface area contributed by atoms with E-state index in [9.17, 15) is 13.2 Å². The second-order valence-corrected chi connectivity index (χ2v) is 9.26. The highest BCUT2D eigenvalue weighted by atomic mass is 32.2. The molecule has 7 nitrogen and oxygen atoms in total. The molecular formula is C24H23N3O4S2. The van der Waals surface area contributed by atoms with E-state index in [1.807, 2.05) is 18.2 Å². The monoisotopic (exact) mass is 481 g/mol. The zero-order valence-corrected chi connectivity index (χ0v) is 19.7. The minimum absolute atomic E-state index is 0.0939. The first kappa shape index (κ1) is 24.0. The number of carbonyl (C=O) groups excluding carboxylic acids is 1. The summed E-state index contributed by atoms with van der Waals surface area (Å²) in [6.45, 7) is 0. The lowest BCUT2D eigenvalue weighted by atomic mass is 10.2. The topological polar surface area (TPSA) is 87.7 Å². The van der Waals surface area contributed by atoms with Gasteiger partial charge in [-0.25, -0.2) is 8.42 Å². The Balaban J connectivity index is 1.58. The number of nitrogens with zero attached hydrogens (tertiary/aromatic N) is 1. The number of para-hydroxylation sites is 1. The van der Waals surface area contributed by atoms with E-state index >= 15 is 0 Å². The summed E-state index contributed by atoms with van der Waals surface area (Å²) in [5.74, 6) is 0.333. The van der Waals surface area contributed by atoms with Crippen molar-refractivity contribution in [2.75, 3.05) is 23.8 Å². The zero-order valence-electron chi connectivity index (χ0n) is 18.1. The predicted molar refractivity (Wildman–Crippen MR) is 135 cm³/mol. The van der Waals surface area contributed by atoms with Crippen molar-refractivity contribution < 1.29 is 17.9 Å². The zero-order chi connectivity index (χ0) is 23.8. The number of ether oxygens (including phenoxy) is 1. The Bertz CT molecular complexity index is 1240. The van der Waals surface area contributed by atoms with Crippen LogP contribution in [0.2, 0.25) is 0 Å². The average molecular weight is 482 g/mol. The Morgan fingerprint density at radius 2 is 1.61 bits per heavy atom. The molecule has 3 aromatic rings. The Labute approximate surface area is 198 Å². The Morgan fingerprint density at radius 1 is 0.970 bits per heavy atom. The molecule has 1 amide bonds. The molecule has 0 spiro atoms. The second kappa shape index (κ2) is 10.8. The smallest absolute Gasteiger partial charge is 0.264 e. The van der Waals surface area contributed by atoms with Crippen LogP contribution >= 0.6 is 12.2 Å². The number of hydrogen-bond donors (Lipinski definition) is 2. The highest BCUT2D eigenvalue weighted by Gasteiger charge is 2.21. The minimum Gasteiger partial charge on any atom is -0.497 e. The fourth-order valence-electron chi connectivity index (χ4n) is 2.85. The van der Waals surface area contributed by atoms with Gasteiger partial charge in [0.05, 0.1) is 17.7 Å². The van der Waals surface area contributed by atoms with Gasteiger partial charge >= 0.3 is 0 Å². The van der Waals surface area contributed by atoms with Crippen molar-refractivity contribution in [3.63, 3.8) is 0 Å². The fraction of sp³-hybridized carbons (Fsp3) is 0.0833. The molecule has 170 valence electrons. The van der Waals surface area contributed by atoms with Crippen molar-refractivity contribution in [2.24, 2.45) is 0 Å².